The number of methoxy groups -OCH3 is 1. The highest BCUT2D eigenvalue weighted by Gasteiger charge is 2.31. The summed E-state index contributed by atoms with van der Waals surface area (Å²) >= 11 is 0. The van der Waals surface area contributed by atoms with E-state index in [2.05, 4.69) is 10.1 Å². The molecule has 1 aliphatic rings. The van der Waals surface area contributed by atoms with E-state index in [0.29, 0.717) is 23.7 Å². The fraction of sp³-hybridized carbons (Fsp3) is 0.471. The first-order valence-electron chi connectivity index (χ1n) is 7.90. The van der Waals surface area contributed by atoms with Gasteiger partial charge in [-0.05, 0) is 37.0 Å². The Bertz CT molecular complexity index is 712. The minimum atomic E-state index is -0.637. The molecule has 0 aliphatic heterocycles. The van der Waals surface area contributed by atoms with E-state index in [4.69, 9.17) is 9.26 Å². The molecule has 128 valence electrons. The zero-order valence-corrected chi connectivity index (χ0v) is 13.3. The monoisotopic (exact) mass is 336 g/mol. The van der Waals surface area contributed by atoms with Crippen LogP contribution in [0.3, 0.4) is 0 Å². The zero-order chi connectivity index (χ0) is 17.1. The van der Waals surface area contributed by atoms with Crippen molar-refractivity contribution in [2.24, 2.45) is 5.92 Å². The molecule has 0 unspecified atom stereocenters. The van der Waals surface area contributed by atoms with Crippen molar-refractivity contribution < 1.29 is 22.8 Å². The Morgan fingerprint density at radius 2 is 2.04 bits per heavy atom. The molecule has 0 N–H and O–H groups in total. The van der Waals surface area contributed by atoms with E-state index in [1.807, 2.05) is 0 Å². The summed E-state index contributed by atoms with van der Waals surface area (Å²) in [7, 11) is 1.38. The van der Waals surface area contributed by atoms with Gasteiger partial charge in [0.1, 0.15) is 11.6 Å². The lowest BCUT2D eigenvalue weighted by molar-refractivity contribution is -0.146. The topological polar surface area (TPSA) is 65.2 Å². The van der Waals surface area contributed by atoms with Gasteiger partial charge >= 0.3 is 5.97 Å². The molecule has 3 rings (SSSR count). The van der Waals surface area contributed by atoms with E-state index >= 15 is 0 Å². The molecule has 1 aromatic carbocycles. The standard InChI is InChI=1S/C17H18F2N2O3/c1-23-17(22)12-4-2-3-11(8-12)16-20-15(21-24-16)7-10-5-13(18)9-14(19)6-10/h5-6,9,11-12H,2-4,7-8H2,1H3/t11-,12+/m0/s1. The molecule has 24 heavy (non-hydrogen) atoms. The van der Waals surface area contributed by atoms with Gasteiger partial charge in [0.25, 0.3) is 0 Å². The number of halogens is 2. The van der Waals surface area contributed by atoms with Crippen LogP contribution in [0.25, 0.3) is 0 Å². The number of rotatable bonds is 4. The number of carbonyl (C=O) groups excluding carboxylic acids is 1. The van der Waals surface area contributed by atoms with Crippen LogP contribution in [0.15, 0.2) is 22.7 Å². The van der Waals surface area contributed by atoms with Crippen LogP contribution in [0, 0.1) is 17.6 Å². The largest absolute Gasteiger partial charge is 0.469 e. The predicted octanol–water partition coefficient (Wildman–Crippen LogP) is 3.39. The van der Waals surface area contributed by atoms with E-state index < -0.39 is 11.6 Å². The summed E-state index contributed by atoms with van der Waals surface area (Å²) in [4.78, 5) is 16.0. The van der Waals surface area contributed by atoms with Gasteiger partial charge in [0.2, 0.25) is 5.89 Å². The van der Waals surface area contributed by atoms with E-state index in [9.17, 15) is 13.6 Å². The minimum absolute atomic E-state index is 0.00773. The Morgan fingerprint density at radius 1 is 1.29 bits per heavy atom. The molecule has 2 atom stereocenters. The van der Waals surface area contributed by atoms with E-state index in [0.717, 1.165) is 25.3 Å². The molecule has 1 saturated carbocycles. The number of aromatic nitrogens is 2. The maximum absolute atomic E-state index is 13.2. The molecule has 2 aromatic rings. The smallest absolute Gasteiger partial charge is 0.308 e. The summed E-state index contributed by atoms with van der Waals surface area (Å²) in [6.07, 6.45) is 3.35. The lowest BCUT2D eigenvalue weighted by Crippen LogP contribution is -2.23. The van der Waals surface area contributed by atoms with Gasteiger partial charge in [-0.3, -0.25) is 4.79 Å². The van der Waals surface area contributed by atoms with Gasteiger partial charge in [0, 0.05) is 18.4 Å². The molecule has 1 aliphatic carbocycles. The maximum atomic E-state index is 13.2. The predicted molar refractivity (Wildman–Crippen MR) is 80.2 cm³/mol. The van der Waals surface area contributed by atoms with Gasteiger partial charge in [-0.25, -0.2) is 8.78 Å². The average molecular weight is 336 g/mol. The molecule has 0 spiro atoms. The van der Waals surface area contributed by atoms with Crippen LogP contribution in [0.1, 0.15) is 48.9 Å². The third-order valence-corrected chi connectivity index (χ3v) is 4.33. The summed E-state index contributed by atoms with van der Waals surface area (Å²) in [6, 6.07) is 3.31. The first kappa shape index (κ1) is 16.5. The van der Waals surface area contributed by atoms with Crippen molar-refractivity contribution in [1.29, 1.82) is 0 Å². The summed E-state index contributed by atoms with van der Waals surface area (Å²) in [5, 5.41) is 3.89. The minimum Gasteiger partial charge on any atom is -0.469 e. The van der Waals surface area contributed by atoms with Crippen molar-refractivity contribution in [3.8, 4) is 0 Å². The Balaban J connectivity index is 1.69. The van der Waals surface area contributed by atoms with E-state index in [1.54, 1.807) is 0 Å². The van der Waals surface area contributed by atoms with Crippen molar-refractivity contribution in [1.82, 2.24) is 10.1 Å². The van der Waals surface area contributed by atoms with Gasteiger partial charge in [0.15, 0.2) is 5.82 Å². The number of ether oxygens (including phenoxy) is 1. The lowest BCUT2D eigenvalue weighted by atomic mass is 9.81. The van der Waals surface area contributed by atoms with E-state index in [1.165, 1.54) is 19.2 Å². The SMILES string of the molecule is COC(=O)[C@@H]1CCC[C@H](c2nc(Cc3cc(F)cc(F)c3)no2)C1. The van der Waals surface area contributed by atoms with Crippen LogP contribution >= 0.6 is 0 Å². The highest BCUT2D eigenvalue weighted by atomic mass is 19.1. The fourth-order valence-corrected chi connectivity index (χ4v) is 3.20. The summed E-state index contributed by atoms with van der Waals surface area (Å²) in [5.74, 6) is -0.793. The second-order valence-corrected chi connectivity index (χ2v) is 6.09. The van der Waals surface area contributed by atoms with Crippen LogP contribution in [0.5, 0.6) is 0 Å². The number of esters is 1. The third-order valence-electron chi connectivity index (χ3n) is 4.33. The van der Waals surface area contributed by atoms with Gasteiger partial charge < -0.3 is 9.26 Å². The summed E-state index contributed by atoms with van der Waals surface area (Å²) < 4.78 is 36.6. The van der Waals surface area contributed by atoms with Crippen molar-refractivity contribution in [3.05, 3.63) is 47.1 Å². The first-order valence-corrected chi connectivity index (χ1v) is 7.90. The molecule has 1 aromatic heterocycles. The fourth-order valence-electron chi connectivity index (χ4n) is 3.20. The van der Waals surface area contributed by atoms with Gasteiger partial charge in [-0.2, -0.15) is 4.98 Å². The summed E-state index contributed by atoms with van der Waals surface area (Å²) in [6.45, 7) is 0. The van der Waals surface area contributed by atoms with Gasteiger partial charge in [0.05, 0.1) is 13.0 Å². The molecule has 0 amide bonds. The van der Waals surface area contributed by atoms with Crippen LogP contribution < -0.4 is 0 Å². The van der Waals surface area contributed by atoms with Crippen LogP contribution in [-0.2, 0) is 16.0 Å². The molecule has 0 saturated heterocycles. The Hall–Kier alpha value is -2.31. The van der Waals surface area contributed by atoms with Crippen LogP contribution in [0.4, 0.5) is 8.78 Å². The number of nitrogens with zero attached hydrogens (tertiary/aromatic N) is 2. The number of benzene rings is 1. The Labute approximate surface area is 138 Å². The quantitative estimate of drug-likeness (QED) is 0.801. The third kappa shape index (κ3) is 3.77. The lowest BCUT2D eigenvalue weighted by Gasteiger charge is -2.24. The first-order chi connectivity index (χ1) is 11.5. The average Bonchev–Trinajstić information content (AvgIpc) is 3.01. The highest BCUT2D eigenvalue weighted by molar-refractivity contribution is 5.72. The molecule has 7 heteroatoms. The van der Waals surface area contributed by atoms with Crippen molar-refractivity contribution in [2.75, 3.05) is 7.11 Å². The van der Waals surface area contributed by atoms with Crippen molar-refractivity contribution in [3.63, 3.8) is 0 Å². The maximum Gasteiger partial charge on any atom is 0.308 e. The molecular formula is C17H18F2N2O3. The normalized spacial score (nSPS) is 20.8. The molecule has 1 fully saturated rings. The Morgan fingerprint density at radius 3 is 2.75 bits per heavy atom. The number of carbonyl (C=O) groups is 1. The summed E-state index contributed by atoms with van der Waals surface area (Å²) in [5.41, 5.74) is 0.441. The second-order valence-electron chi connectivity index (χ2n) is 6.09. The second kappa shape index (κ2) is 7.07. The van der Waals surface area contributed by atoms with Crippen LogP contribution in [-0.4, -0.2) is 23.2 Å². The van der Waals surface area contributed by atoms with Crippen molar-refractivity contribution >= 4 is 5.97 Å². The number of hydrogen-bond donors (Lipinski definition) is 0. The van der Waals surface area contributed by atoms with Gasteiger partial charge in [-0.1, -0.05) is 11.6 Å². The highest BCUT2D eigenvalue weighted by Crippen LogP contribution is 2.36. The zero-order valence-electron chi connectivity index (χ0n) is 13.3. The molecule has 0 radical (unpaired) electrons. The molecule has 1 heterocycles. The van der Waals surface area contributed by atoms with E-state index in [-0.39, 0.29) is 24.2 Å². The molecule has 5 nitrogen and oxygen atoms in total. The molecule has 0 bridgehead atoms. The number of hydrogen-bond acceptors (Lipinski definition) is 5. The van der Waals surface area contributed by atoms with Gasteiger partial charge in [-0.15, -0.1) is 0 Å². The van der Waals surface area contributed by atoms with Crippen LogP contribution in [0.2, 0.25) is 0 Å². The van der Waals surface area contributed by atoms with Crippen molar-refractivity contribution in [2.45, 2.75) is 38.0 Å². The molecular weight excluding hydrogens is 318 g/mol. The Kier molecular flexibility index (Phi) is 4.87.